The van der Waals surface area contributed by atoms with Crippen LogP contribution in [0.25, 0.3) is 21.8 Å². The molecule has 0 aliphatic rings. The maximum atomic E-state index is 4.92. The quantitative estimate of drug-likeness (QED) is 0.577. The van der Waals surface area contributed by atoms with E-state index in [1.807, 2.05) is 17.4 Å². The standard InChI is InChI=1S/C19H19NS/c1-2-3-14-17-18(15-10-6-4-7-11-15)20-19(21-17)16-12-8-5-9-13-16/h4-13H,2-3,14H2,1H3. The minimum Gasteiger partial charge on any atom is -0.236 e. The minimum atomic E-state index is 1.12. The first-order valence-corrected chi connectivity index (χ1v) is 8.30. The van der Waals surface area contributed by atoms with Crippen molar-refractivity contribution < 1.29 is 0 Å². The van der Waals surface area contributed by atoms with Crippen molar-refractivity contribution in [1.29, 1.82) is 0 Å². The average Bonchev–Trinajstić information content (AvgIpc) is 2.99. The lowest BCUT2D eigenvalue weighted by Gasteiger charge is -2.01. The fourth-order valence-corrected chi connectivity index (χ4v) is 3.52. The molecule has 1 heterocycles. The largest absolute Gasteiger partial charge is 0.236 e. The summed E-state index contributed by atoms with van der Waals surface area (Å²) in [4.78, 5) is 6.33. The number of rotatable bonds is 5. The normalized spacial score (nSPS) is 10.7. The van der Waals surface area contributed by atoms with Crippen LogP contribution in [0.15, 0.2) is 60.7 Å². The molecular formula is C19H19NS. The van der Waals surface area contributed by atoms with Gasteiger partial charge in [-0.3, -0.25) is 0 Å². The Morgan fingerprint density at radius 2 is 1.48 bits per heavy atom. The predicted molar refractivity (Wildman–Crippen MR) is 91.6 cm³/mol. The van der Waals surface area contributed by atoms with Crippen LogP contribution in [0, 0.1) is 0 Å². The van der Waals surface area contributed by atoms with E-state index in [0.29, 0.717) is 0 Å². The molecule has 1 aromatic heterocycles. The first-order chi connectivity index (χ1) is 10.4. The second-order valence-corrected chi connectivity index (χ2v) is 6.21. The molecule has 1 nitrogen and oxygen atoms in total. The summed E-state index contributed by atoms with van der Waals surface area (Å²) >= 11 is 1.84. The number of aromatic nitrogens is 1. The van der Waals surface area contributed by atoms with Crippen LogP contribution in [-0.2, 0) is 6.42 Å². The molecule has 0 bridgehead atoms. The summed E-state index contributed by atoms with van der Waals surface area (Å²) < 4.78 is 0. The topological polar surface area (TPSA) is 12.9 Å². The lowest BCUT2D eigenvalue weighted by Crippen LogP contribution is -1.86. The molecule has 106 valence electrons. The van der Waals surface area contributed by atoms with Gasteiger partial charge in [0, 0.05) is 16.0 Å². The Kier molecular flexibility index (Phi) is 4.46. The van der Waals surface area contributed by atoms with E-state index in [-0.39, 0.29) is 0 Å². The summed E-state index contributed by atoms with van der Waals surface area (Å²) in [7, 11) is 0. The highest BCUT2D eigenvalue weighted by atomic mass is 32.1. The van der Waals surface area contributed by atoms with Gasteiger partial charge in [0.15, 0.2) is 0 Å². The third kappa shape index (κ3) is 3.22. The Bertz CT molecular complexity index is 686. The zero-order valence-electron chi connectivity index (χ0n) is 12.3. The smallest absolute Gasteiger partial charge is 0.124 e. The van der Waals surface area contributed by atoms with Crippen LogP contribution >= 0.6 is 11.3 Å². The Morgan fingerprint density at radius 3 is 2.10 bits per heavy atom. The highest BCUT2D eigenvalue weighted by Crippen LogP contribution is 2.34. The number of benzene rings is 2. The van der Waals surface area contributed by atoms with Gasteiger partial charge in [-0.1, -0.05) is 74.0 Å². The fraction of sp³-hybridized carbons (Fsp3) is 0.211. The van der Waals surface area contributed by atoms with Crippen molar-refractivity contribution in [2.75, 3.05) is 0 Å². The molecule has 0 saturated carbocycles. The van der Waals surface area contributed by atoms with Gasteiger partial charge in [-0.25, -0.2) is 4.98 Å². The molecule has 0 aliphatic carbocycles. The molecular weight excluding hydrogens is 274 g/mol. The van der Waals surface area contributed by atoms with Crippen LogP contribution in [0.2, 0.25) is 0 Å². The molecule has 21 heavy (non-hydrogen) atoms. The molecule has 2 aromatic carbocycles. The molecule has 0 spiro atoms. The lowest BCUT2D eigenvalue weighted by atomic mass is 10.1. The highest BCUT2D eigenvalue weighted by molar-refractivity contribution is 7.15. The molecule has 3 aromatic rings. The minimum absolute atomic E-state index is 1.12. The summed E-state index contributed by atoms with van der Waals surface area (Å²) in [5, 5.41) is 1.13. The number of hydrogen-bond donors (Lipinski definition) is 0. The van der Waals surface area contributed by atoms with E-state index < -0.39 is 0 Å². The molecule has 3 rings (SSSR count). The van der Waals surface area contributed by atoms with Crippen molar-refractivity contribution in [3.63, 3.8) is 0 Å². The number of nitrogens with zero attached hydrogens (tertiary/aromatic N) is 1. The predicted octanol–water partition coefficient (Wildman–Crippen LogP) is 5.82. The summed E-state index contributed by atoms with van der Waals surface area (Å²) in [5.41, 5.74) is 3.59. The highest BCUT2D eigenvalue weighted by Gasteiger charge is 2.13. The molecule has 0 N–H and O–H groups in total. The van der Waals surface area contributed by atoms with Gasteiger partial charge in [-0.15, -0.1) is 11.3 Å². The Morgan fingerprint density at radius 1 is 0.857 bits per heavy atom. The summed E-state index contributed by atoms with van der Waals surface area (Å²) in [6.45, 7) is 2.24. The van der Waals surface area contributed by atoms with Gasteiger partial charge < -0.3 is 0 Å². The average molecular weight is 293 g/mol. The van der Waals surface area contributed by atoms with Crippen LogP contribution in [0.1, 0.15) is 24.6 Å². The van der Waals surface area contributed by atoms with Crippen LogP contribution in [0.5, 0.6) is 0 Å². The monoisotopic (exact) mass is 293 g/mol. The number of thiazole rings is 1. The van der Waals surface area contributed by atoms with Crippen LogP contribution in [0.4, 0.5) is 0 Å². The van der Waals surface area contributed by atoms with E-state index >= 15 is 0 Å². The molecule has 0 atom stereocenters. The molecule has 0 radical (unpaired) electrons. The molecule has 0 unspecified atom stereocenters. The van der Waals surface area contributed by atoms with Crippen molar-refractivity contribution in [1.82, 2.24) is 4.98 Å². The molecule has 2 heteroatoms. The number of aryl methyl sites for hydroxylation is 1. The van der Waals surface area contributed by atoms with Crippen LogP contribution < -0.4 is 0 Å². The summed E-state index contributed by atoms with van der Waals surface area (Å²) in [6.07, 6.45) is 3.55. The lowest BCUT2D eigenvalue weighted by molar-refractivity contribution is 0.804. The Labute approximate surface area is 130 Å². The maximum absolute atomic E-state index is 4.92. The number of hydrogen-bond acceptors (Lipinski definition) is 2. The van der Waals surface area contributed by atoms with E-state index in [9.17, 15) is 0 Å². The first-order valence-electron chi connectivity index (χ1n) is 7.49. The SMILES string of the molecule is CCCCc1sc(-c2ccccc2)nc1-c1ccccc1. The molecule has 0 fully saturated rings. The maximum Gasteiger partial charge on any atom is 0.124 e. The Balaban J connectivity index is 2.03. The molecule has 0 saturated heterocycles. The van der Waals surface area contributed by atoms with Gasteiger partial charge in [0.2, 0.25) is 0 Å². The van der Waals surface area contributed by atoms with Crippen molar-refractivity contribution in [2.45, 2.75) is 26.2 Å². The van der Waals surface area contributed by atoms with Crippen molar-refractivity contribution in [3.8, 4) is 21.8 Å². The van der Waals surface area contributed by atoms with E-state index in [2.05, 4.69) is 61.5 Å². The van der Waals surface area contributed by atoms with E-state index in [4.69, 9.17) is 4.98 Å². The third-order valence-electron chi connectivity index (χ3n) is 3.52. The van der Waals surface area contributed by atoms with Gasteiger partial charge in [0.1, 0.15) is 5.01 Å². The van der Waals surface area contributed by atoms with Gasteiger partial charge in [0.05, 0.1) is 5.69 Å². The summed E-state index contributed by atoms with van der Waals surface area (Å²) in [6, 6.07) is 21.0. The fourth-order valence-electron chi connectivity index (χ4n) is 2.38. The van der Waals surface area contributed by atoms with Gasteiger partial charge in [-0.05, 0) is 12.8 Å². The number of unbranched alkanes of at least 4 members (excludes halogenated alkanes) is 1. The third-order valence-corrected chi connectivity index (χ3v) is 4.69. The Hall–Kier alpha value is -1.93. The van der Waals surface area contributed by atoms with Gasteiger partial charge in [0.25, 0.3) is 0 Å². The second-order valence-electron chi connectivity index (χ2n) is 5.13. The van der Waals surface area contributed by atoms with Crippen LogP contribution in [0.3, 0.4) is 0 Å². The van der Waals surface area contributed by atoms with Crippen molar-refractivity contribution in [3.05, 3.63) is 65.5 Å². The van der Waals surface area contributed by atoms with Crippen LogP contribution in [-0.4, -0.2) is 4.98 Å². The van der Waals surface area contributed by atoms with E-state index in [0.717, 1.165) is 17.1 Å². The first kappa shape index (κ1) is 14.0. The summed E-state index contributed by atoms with van der Waals surface area (Å²) in [5.74, 6) is 0. The van der Waals surface area contributed by atoms with E-state index in [1.54, 1.807) is 0 Å². The second kappa shape index (κ2) is 6.68. The zero-order valence-corrected chi connectivity index (χ0v) is 13.1. The van der Waals surface area contributed by atoms with Gasteiger partial charge >= 0.3 is 0 Å². The van der Waals surface area contributed by atoms with E-state index in [1.165, 1.54) is 28.8 Å². The van der Waals surface area contributed by atoms with Gasteiger partial charge in [-0.2, -0.15) is 0 Å². The molecule has 0 amide bonds. The van der Waals surface area contributed by atoms with Crippen molar-refractivity contribution >= 4 is 11.3 Å². The zero-order chi connectivity index (χ0) is 14.5. The molecule has 0 aliphatic heterocycles. The van der Waals surface area contributed by atoms with Crippen molar-refractivity contribution in [2.24, 2.45) is 0 Å².